The first kappa shape index (κ1) is 16.9. The van der Waals surface area contributed by atoms with Crippen molar-refractivity contribution in [1.29, 1.82) is 0 Å². The Morgan fingerprint density at radius 1 is 1.21 bits per heavy atom. The zero-order chi connectivity index (χ0) is 17.5. The second kappa shape index (κ2) is 6.19. The minimum absolute atomic E-state index is 0.149. The van der Waals surface area contributed by atoms with Crippen molar-refractivity contribution < 1.29 is 8.42 Å². The van der Waals surface area contributed by atoms with Crippen LogP contribution >= 0.6 is 11.8 Å². The van der Waals surface area contributed by atoms with E-state index in [4.69, 9.17) is 5.73 Å². The van der Waals surface area contributed by atoms with E-state index in [-0.39, 0.29) is 9.79 Å². The van der Waals surface area contributed by atoms with Crippen LogP contribution < -0.4 is 5.73 Å². The van der Waals surface area contributed by atoms with Crippen molar-refractivity contribution >= 4 is 27.2 Å². The molecule has 0 aliphatic rings. The summed E-state index contributed by atoms with van der Waals surface area (Å²) in [7, 11) is -3.72. The van der Waals surface area contributed by atoms with Crippen LogP contribution in [0.25, 0.3) is 5.65 Å². The largest absolute Gasteiger partial charge is 0.326 e. The van der Waals surface area contributed by atoms with Crippen molar-refractivity contribution in [3.05, 3.63) is 47.3 Å². The summed E-state index contributed by atoms with van der Waals surface area (Å²) in [5.41, 5.74) is 8.54. The molecular formula is C16H18N4O2S2. The Hall–Kier alpha value is -1.90. The molecule has 126 valence electrons. The fraction of sp³-hybridized carbons (Fsp3) is 0.250. The highest BCUT2D eigenvalue weighted by Crippen LogP contribution is 2.33. The van der Waals surface area contributed by atoms with E-state index in [1.807, 2.05) is 13.8 Å². The van der Waals surface area contributed by atoms with Crippen molar-refractivity contribution in [2.24, 2.45) is 5.73 Å². The number of nitrogens with zero attached hydrogens (tertiary/aromatic N) is 3. The predicted octanol–water partition coefficient (Wildman–Crippen LogP) is 2.36. The highest BCUT2D eigenvalue weighted by molar-refractivity contribution is 7.99. The van der Waals surface area contributed by atoms with Crippen molar-refractivity contribution in [3.63, 3.8) is 0 Å². The van der Waals surface area contributed by atoms with Gasteiger partial charge in [0.15, 0.2) is 10.5 Å². The van der Waals surface area contributed by atoms with E-state index in [0.717, 1.165) is 17.0 Å². The van der Waals surface area contributed by atoms with Gasteiger partial charge >= 0.3 is 0 Å². The molecule has 2 aromatic heterocycles. The van der Waals surface area contributed by atoms with Gasteiger partial charge in [0, 0.05) is 23.5 Å². The second-order valence-corrected chi connectivity index (χ2v) is 8.04. The molecule has 24 heavy (non-hydrogen) atoms. The number of hydrogen-bond donors (Lipinski definition) is 1. The maximum atomic E-state index is 13.1. The molecule has 0 spiro atoms. The molecule has 0 fully saturated rings. The highest BCUT2D eigenvalue weighted by atomic mass is 32.2. The van der Waals surface area contributed by atoms with E-state index in [9.17, 15) is 8.42 Å². The molecule has 0 saturated carbocycles. The number of nitrogens with two attached hydrogens (primary N) is 1. The van der Waals surface area contributed by atoms with Gasteiger partial charge in [0.1, 0.15) is 5.03 Å². The average Bonchev–Trinajstić information content (AvgIpc) is 2.95. The molecule has 1 aromatic carbocycles. The van der Waals surface area contributed by atoms with E-state index in [1.54, 1.807) is 41.1 Å². The first-order valence-electron chi connectivity index (χ1n) is 7.34. The van der Waals surface area contributed by atoms with Crippen molar-refractivity contribution in [2.75, 3.05) is 6.26 Å². The molecule has 0 aliphatic carbocycles. The minimum atomic E-state index is -3.72. The Balaban J connectivity index is 2.40. The van der Waals surface area contributed by atoms with E-state index in [0.29, 0.717) is 17.2 Å². The summed E-state index contributed by atoms with van der Waals surface area (Å²) in [5.74, 6) is 0. The molecule has 8 heteroatoms. The topological polar surface area (TPSA) is 90.3 Å². The average molecular weight is 362 g/mol. The third kappa shape index (κ3) is 2.51. The Labute approximate surface area is 145 Å². The van der Waals surface area contributed by atoms with Crippen LogP contribution in [0.5, 0.6) is 0 Å². The van der Waals surface area contributed by atoms with E-state index in [1.165, 1.54) is 11.8 Å². The van der Waals surface area contributed by atoms with Crippen LogP contribution in [0.4, 0.5) is 0 Å². The fourth-order valence-corrected chi connectivity index (χ4v) is 5.12. The second-order valence-electron chi connectivity index (χ2n) is 5.36. The SMILES string of the molecule is CSc1nn2c(C)c(CN)c(C)nc2c1S(=O)(=O)c1ccccc1. The summed E-state index contributed by atoms with van der Waals surface area (Å²) in [6.45, 7) is 4.04. The van der Waals surface area contributed by atoms with Crippen LogP contribution in [0.15, 0.2) is 45.1 Å². The summed E-state index contributed by atoms with van der Waals surface area (Å²) < 4.78 is 27.8. The first-order chi connectivity index (χ1) is 11.4. The van der Waals surface area contributed by atoms with Crippen LogP contribution in [0.2, 0.25) is 0 Å². The van der Waals surface area contributed by atoms with Crippen LogP contribution in [0.3, 0.4) is 0 Å². The lowest BCUT2D eigenvalue weighted by atomic mass is 10.2. The van der Waals surface area contributed by atoms with Crippen molar-refractivity contribution in [2.45, 2.75) is 35.2 Å². The third-order valence-corrected chi connectivity index (χ3v) is 6.58. The number of hydrogen-bond acceptors (Lipinski definition) is 6. The summed E-state index contributed by atoms with van der Waals surface area (Å²) in [4.78, 5) is 4.88. The molecule has 0 unspecified atom stereocenters. The molecule has 0 atom stereocenters. The molecule has 3 aromatic rings. The van der Waals surface area contributed by atoms with Crippen molar-refractivity contribution in [3.8, 4) is 0 Å². The molecule has 2 heterocycles. The maximum absolute atomic E-state index is 13.1. The molecule has 2 N–H and O–H groups in total. The lowest BCUT2D eigenvalue weighted by molar-refractivity contribution is 0.594. The van der Waals surface area contributed by atoms with Crippen molar-refractivity contribution in [1.82, 2.24) is 14.6 Å². The van der Waals surface area contributed by atoms with Gasteiger partial charge in [0.05, 0.1) is 4.90 Å². The first-order valence-corrected chi connectivity index (χ1v) is 10.1. The molecule has 0 aliphatic heterocycles. The number of aryl methyl sites for hydroxylation is 2. The Morgan fingerprint density at radius 2 is 1.88 bits per heavy atom. The monoisotopic (exact) mass is 362 g/mol. The number of thioether (sulfide) groups is 1. The third-order valence-electron chi connectivity index (χ3n) is 3.97. The molecule has 0 amide bonds. The normalized spacial score (nSPS) is 12.0. The quantitative estimate of drug-likeness (QED) is 0.717. The molecular weight excluding hydrogens is 344 g/mol. The number of rotatable bonds is 4. The van der Waals surface area contributed by atoms with Gasteiger partial charge in [-0.1, -0.05) is 18.2 Å². The van der Waals surface area contributed by atoms with Crippen LogP contribution in [0, 0.1) is 13.8 Å². The Kier molecular flexibility index (Phi) is 4.37. The fourth-order valence-electron chi connectivity index (χ4n) is 2.70. The van der Waals surface area contributed by atoms with Gasteiger partial charge < -0.3 is 5.73 Å². The standard InChI is InChI=1S/C16H18N4O2S2/c1-10-13(9-17)11(2)20-15(18-10)14(16(19-20)23-3)24(21,22)12-7-5-4-6-8-12/h4-8H,9,17H2,1-3H3. The highest BCUT2D eigenvalue weighted by Gasteiger charge is 2.29. The van der Waals surface area contributed by atoms with Crippen LogP contribution in [-0.4, -0.2) is 29.3 Å². The number of sulfone groups is 1. The zero-order valence-corrected chi connectivity index (χ0v) is 15.3. The minimum Gasteiger partial charge on any atom is -0.326 e. The van der Waals surface area contributed by atoms with Gasteiger partial charge in [0.2, 0.25) is 9.84 Å². The smallest absolute Gasteiger partial charge is 0.213 e. The molecule has 3 rings (SSSR count). The lowest BCUT2D eigenvalue weighted by Crippen LogP contribution is -2.10. The summed E-state index contributed by atoms with van der Waals surface area (Å²) in [6, 6.07) is 8.35. The summed E-state index contributed by atoms with van der Waals surface area (Å²) in [5, 5.41) is 4.89. The lowest BCUT2D eigenvalue weighted by Gasteiger charge is -2.09. The Bertz CT molecular complexity index is 1010. The summed E-state index contributed by atoms with van der Waals surface area (Å²) in [6.07, 6.45) is 1.80. The maximum Gasteiger partial charge on any atom is 0.213 e. The van der Waals surface area contributed by atoms with E-state index < -0.39 is 9.84 Å². The molecule has 0 saturated heterocycles. The zero-order valence-electron chi connectivity index (χ0n) is 13.6. The van der Waals surface area contributed by atoms with Gasteiger partial charge in [-0.25, -0.2) is 17.9 Å². The number of benzene rings is 1. The van der Waals surface area contributed by atoms with Crippen LogP contribution in [0.1, 0.15) is 17.0 Å². The van der Waals surface area contributed by atoms with Gasteiger partial charge in [0.25, 0.3) is 0 Å². The van der Waals surface area contributed by atoms with Gasteiger partial charge in [-0.15, -0.1) is 11.8 Å². The van der Waals surface area contributed by atoms with E-state index in [2.05, 4.69) is 10.1 Å². The molecule has 6 nitrogen and oxygen atoms in total. The Morgan fingerprint density at radius 3 is 2.46 bits per heavy atom. The van der Waals surface area contributed by atoms with Crippen LogP contribution in [-0.2, 0) is 16.4 Å². The van der Waals surface area contributed by atoms with Gasteiger partial charge in [-0.2, -0.15) is 5.10 Å². The molecule has 0 radical (unpaired) electrons. The molecule has 0 bridgehead atoms. The van der Waals surface area contributed by atoms with E-state index >= 15 is 0 Å². The van der Waals surface area contributed by atoms with Gasteiger partial charge in [-0.05, 0) is 32.2 Å². The predicted molar refractivity (Wildman–Crippen MR) is 94.0 cm³/mol. The number of fused-ring (bicyclic) bond motifs is 1. The van der Waals surface area contributed by atoms with Gasteiger partial charge in [-0.3, -0.25) is 0 Å². The summed E-state index contributed by atoms with van der Waals surface area (Å²) >= 11 is 1.29. The number of aromatic nitrogens is 3.